The first-order valence-corrected chi connectivity index (χ1v) is 5.68. The predicted octanol–water partition coefficient (Wildman–Crippen LogP) is 0.886. The molecule has 17 heavy (non-hydrogen) atoms. The quantitative estimate of drug-likeness (QED) is 0.910. The zero-order chi connectivity index (χ0) is 12.3. The van der Waals surface area contributed by atoms with E-state index in [1.165, 1.54) is 17.1 Å². The van der Waals surface area contributed by atoms with Crippen LogP contribution in [0.4, 0.5) is 5.82 Å². The number of hydrogen-bond acceptors (Lipinski definition) is 5. The molecule has 0 aromatic carbocycles. The molecular weight excluding hydrogens is 286 g/mol. The molecule has 0 bridgehead atoms. The van der Waals surface area contributed by atoms with Gasteiger partial charge in [0.2, 0.25) is 0 Å². The summed E-state index contributed by atoms with van der Waals surface area (Å²) in [4.78, 5) is 24.0. The summed E-state index contributed by atoms with van der Waals surface area (Å²) in [6, 6.07) is 0. The second-order valence-electron chi connectivity index (χ2n) is 3.32. The number of rotatable bonds is 3. The third kappa shape index (κ3) is 2.68. The van der Waals surface area contributed by atoms with Crippen LogP contribution >= 0.6 is 15.9 Å². The molecule has 2 heterocycles. The summed E-state index contributed by atoms with van der Waals surface area (Å²) in [5.41, 5.74) is 0.561. The lowest BCUT2D eigenvalue weighted by atomic mass is 10.4. The summed E-state index contributed by atoms with van der Waals surface area (Å²) in [5.74, 6) is 0.688. The molecule has 0 atom stereocenters. The molecule has 0 aliphatic heterocycles. The molecule has 1 N–H and O–H groups in total. The number of nitrogens with one attached hydrogen (secondary N) is 1. The summed E-state index contributed by atoms with van der Waals surface area (Å²) in [7, 11) is 1.77. The molecule has 0 saturated heterocycles. The molecule has 0 unspecified atom stereocenters. The summed E-state index contributed by atoms with van der Waals surface area (Å²) in [6.07, 6.45) is 6.18. The predicted molar refractivity (Wildman–Crippen MR) is 66.9 cm³/mol. The maximum Gasteiger partial charge on any atom is 0.267 e. The van der Waals surface area contributed by atoms with E-state index in [1.807, 2.05) is 0 Å². The zero-order valence-corrected chi connectivity index (χ0v) is 10.7. The van der Waals surface area contributed by atoms with E-state index in [2.05, 4.69) is 36.2 Å². The minimum absolute atomic E-state index is 0.139. The average Bonchev–Trinajstić information content (AvgIpc) is 2.36. The van der Waals surface area contributed by atoms with Crippen molar-refractivity contribution in [2.75, 3.05) is 12.4 Å². The van der Waals surface area contributed by atoms with Crippen LogP contribution in [-0.2, 0) is 6.54 Å². The van der Waals surface area contributed by atoms with Crippen molar-refractivity contribution in [1.82, 2.24) is 19.5 Å². The maximum absolute atomic E-state index is 11.7. The topological polar surface area (TPSA) is 72.7 Å². The molecule has 6 nitrogen and oxygen atoms in total. The first kappa shape index (κ1) is 11.7. The Morgan fingerprint density at radius 1 is 1.35 bits per heavy atom. The van der Waals surface area contributed by atoms with Crippen molar-refractivity contribution in [1.29, 1.82) is 0 Å². The molecule has 0 aliphatic carbocycles. The van der Waals surface area contributed by atoms with Gasteiger partial charge in [-0.25, -0.2) is 9.97 Å². The van der Waals surface area contributed by atoms with E-state index in [0.717, 1.165) is 0 Å². The number of hydrogen-bond donors (Lipinski definition) is 1. The van der Waals surface area contributed by atoms with Crippen LogP contribution in [0.2, 0.25) is 0 Å². The van der Waals surface area contributed by atoms with E-state index in [-0.39, 0.29) is 5.56 Å². The highest BCUT2D eigenvalue weighted by molar-refractivity contribution is 9.10. The Kier molecular flexibility index (Phi) is 3.48. The molecule has 7 heteroatoms. The van der Waals surface area contributed by atoms with Crippen molar-refractivity contribution in [3.05, 3.63) is 45.4 Å². The SMILES string of the molecule is CNc1cnc(Cn2cncc(Br)c2=O)cn1. The Morgan fingerprint density at radius 2 is 2.18 bits per heavy atom. The molecule has 88 valence electrons. The standard InChI is InChI=1S/C10H10BrN5O/c1-12-9-4-14-7(2-15-9)5-16-6-13-3-8(11)10(16)17/h2-4,6H,5H2,1H3,(H,12,15). The molecule has 0 fully saturated rings. The van der Waals surface area contributed by atoms with Crippen LogP contribution in [0.1, 0.15) is 5.69 Å². The minimum Gasteiger partial charge on any atom is -0.372 e. The fourth-order valence-corrected chi connectivity index (χ4v) is 1.62. The van der Waals surface area contributed by atoms with Gasteiger partial charge in [0, 0.05) is 13.2 Å². The van der Waals surface area contributed by atoms with Crippen molar-refractivity contribution < 1.29 is 0 Å². The third-order valence-electron chi connectivity index (χ3n) is 2.15. The lowest BCUT2D eigenvalue weighted by Crippen LogP contribution is -2.21. The van der Waals surface area contributed by atoms with Gasteiger partial charge in [-0.15, -0.1) is 0 Å². The van der Waals surface area contributed by atoms with E-state index in [9.17, 15) is 4.79 Å². The number of nitrogens with zero attached hydrogens (tertiary/aromatic N) is 4. The minimum atomic E-state index is -0.139. The van der Waals surface area contributed by atoms with Gasteiger partial charge in [-0.3, -0.25) is 14.3 Å². The van der Waals surface area contributed by atoms with Gasteiger partial charge in [0.25, 0.3) is 5.56 Å². The van der Waals surface area contributed by atoms with Crippen LogP contribution in [0.15, 0.2) is 34.2 Å². The smallest absolute Gasteiger partial charge is 0.267 e. The molecule has 2 aromatic rings. The average molecular weight is 296 g/mol. The van der Waals surface area contributed by atoms with Crippen LogP contribution < -0.4 is 10.9 Å². The molecule has 0 spiro atoms. The van der Waals surface area contributed by atoms with Gasteiger partial charge in [-0.2, -0.15) is 0 Å². The lowest BCUT2D eigenvalue weighted by molar-refractivity contribution is 0.711. The van der Waals surface area contributed by atoms with E-state index >= 15 is 0 Å². The second-order valence-corrected chi connectivity index (χ2v) is 4.17. The van der Waals surface area contributed by atoms with E-state index < -0.39 is 0 Å². The fourth-order valence-electron chi connectivity index (χ4n) is 1.28. The summed E-state index contributed by atoms with van der Waals surface area (Å²) < 4.78 is 1.90. The van der Waals surface area contributed by atoms with Crippen LogP contribution in [0.25, 0.3) is 0 Å². The van der Waals surface area contributed by atoms with Crippen molar-refractivity contribution >= 4 is 21.7 Å². The fraction of sp³-hybridized carbons (Fsp3) is 0.200. The van der Waals surface area contributed by atoms with Crippen LogP contribution in [0, 0.1) is 0 Å². The largest absolute Gasteiger partial charge is 0.372 e. The van der Waals surface area contributed by atoms with Gasteiger partial charge in [-0.05, 0) is 15.9 Å². The van der Waals surface area contributed by atoms with Crippen LogP contribution in [0.3, 0.4) is 0 Å². The van der Waals surface area contributed by atoms with Crippen molar-refractivity contribution in [3.63, 3.8) is 0 Å². The van der Waals surface area contributed by atoms with Crippen LogP contribution in [-0.4, -0.2) is 26.6 Å². The highest BCUT2D eigenvalue weighted by Crippen LogP contribution is 2.02. The van der Waals surface area contributed by atoms with E-state index in [1.54, 1.807) is 19.4 Å². The molecule has 0 amide bonds. The Hall–Kier alpha value is -1.76. The molecular formula is C10H10BrN5O. The Bertz CT molecular complexity index is 566. The molecule has 0 radical (unpaired) electrons. The van der Waals surface area contributed by atoms with Gasteiger partial charge in [0.05, 0.1) is 31.0 Å². The molecule has 2 aromatic heterocycles. The lowest BCUT2D eigenvalue weighted by Gasteiger charge is -2.05. The first-order valence-electron chi connectivity index (χ1n) is 4.89. The number of anilines is 1. The van der Waals surface area contributed by atoms with Gasteiger partial charge >= 0.3 is 0 Å². The zero-order valence-electron chi connectivity index (χ0n) is 9.09. The highest BCUT2D eigenvalue weighted by Gasteiger charge is 2.03. The Balaban J connectivity index is 2.25. The molecule has 0 saturated carbocycles. The Labute approximate surface area is 106 Å². The Morgan fingerprint density at radius 3 is 2.82 bits per heavy atom. The van der Waals surface area contributed by atoms with Gasteiger partial charge in [-0.1, -0.05) is 0 Å². The van der Waals surface area contributed by atoms with Gasteiger partial charge in [0.1, 0.15) is 10.3 Å². The summed E-state index contributed by atoms with van der Waals surface area (Å²) >= 11 is 3.14. The molecule has 0 aliphatic rings. The number of aromatic nitrogens is 4. The van der Waals surface area contributed by atoms with Gasteiger partial charge < -0.3 is 5.32 Å². The van der Waals surface area contributed by atoms with Crippen LogP contribution in [0.5, 0.6) is 0 Å². The highest BCUT2D eigenvalue weighted by atomic mass is 79.9. The van der Waals surface area contributed by atoms with Crippen molar-refractivity contribution in [2.24, 2.45) is 0 Å². The van der Waals surface area contributed by atoms with E-state index in [4.69, 9.17) is 0 Å². The summed E-state index contributed by atoms with van der Waals surface area (Å²) in [6.45, 7) is 0.349. The third-order valence-corrected chi connectivity index (χ3v) is 2.70. The summed E-state index contributed by atoms with van der Waals surface area (Å²) in [5, 5.41) is 2.88. The van der Waals surface area contributed by atoms with Gasteiger partial charge in [0.15, 0.2) is 0 Å². The maximum atomic E-state index is 11.7. The normalized spacial score (nSPS) is 10.2. The first-order chi connectivity index (χ1) is 8.20. The van der Waals surface area contributed by atoms with E-state index in [0.29, 0.717) is 22.5 Å². The molecule has 2 rings (SSSR count). The van der Waals surface area contributed by atoms with Crippen molar-refractivity contribution in [2.45, 2.75) is 6.54 Å². The second kappa shape index (κ2) is 5.05. The van der Waals surface area contributed by atoms with Crippen molar-refractivity contribution in [3.8, 4) is 0 Å². The number of halogens is 1. The monoisotopic (exact) mass is 295 g/mol.